The van der Waals surface area contributed by atoms with Crippen LogP contribution in [0.2, 0.25) is 10.0 Å². The number of ether oxygens (including phenoxy) is 1. The topological polar surface area (TPSA) is 93.2 Å². The molecule has 2 aromatic carbocycles. The summed E-state index contributed by atoms with van der Waals surface area (Å²) in [7, 11) is 1.24. The lowest BCUT2D eigenvalue weighted by Crippen LogP contribution is -2.08. The Balaban J connectivity index is 2.68. The van der Waals surface area contributed by atoms with E-state index in [2.05, 4.69) is 4.74 Å². The molecule has 0 bridgehead atoms. The summed E-state index contributed by atoms with van der Waals surface area (Å²) in [6, 6.07) is 10.6. The zero-order chi connectivity index (χ0) is 18.6. The van der Waals surface area contributed by atoms with Crippen molar-refractivity contribution < 1.29 is 14.5 Å². The van der Waals surface area contributed by atoms with E-state index in [1.165, 1.54) is 43.5 Å². The fraction of sp³-hybridized carbons (Fsp3) is 0.176. The Morgan fingerprint density at radius 3 is 2.60 bits per heavy atom. The third kappa shape index (κ3) is 4.08. The summed E-state index contributed by atoms with van der Waals surface area (Å²) in [5.41, 5.74) is 0.721. The maximum atomic E-state index is 11.8. The lowest BCUT2D eigenvalue weighted by atomic mass is 9.87. The molecule has 25 heavy (non-hydrogen) atoms. The molecular formula is C17H12Cl2N2O4. The maximum absolute atomic E-state index is 11.8. The van der Waals surface area contributed by atoms with Crippen LogP contribution in [0.15, 0.2) is 36.4 Å². The molecule has 0 heterocycles. The monoisotopic (exact) mass is 378 g/mol. The van der Waals surface area contributed by atoms with Gasteiger partial charge < -0.3 is 4.74 Å². The Bertz CT molecular complexity index is 877. The average molecular weight is 379 g/mol. The van der Waals surface area contributed by atoms with E-state index < -0.39 is 16.8 Å². The van der Waals surface area contributed by atoms with Crippen LogP contribution in [-0.4, -0.2) is 18.0 Å². The first-order chi connectivity index (χ1) is 11.9. The Morgan fingerprint density at radius 1 is 1.28 bits per heavy atom. The molecule has 0 amide bonds. The van der Waals surface area contributed by atoms with Crippen LogP contribution in [0.4, 0.5) is 5.69 Å². The van der Waals surface area contributed by atoms with Crippen LogP contribution in [-0.2, 0) is 4.74 Å². The van der Waals surface area contributed by atoms with Gasteiger partial charge in [-0.15, -0.1) is 0 Å². The molecule has 0 aliphatic carbocycles. The highest BCUT2D eigenvalue weighted by atomic mass is 35.5. The molecule has 0 N–H and O–H groups in total. The number of carbonyl (C=O) groups is 1. The molecule has 0 spiro atoms. The minimum absolute atomic E-state index is 0.0778. The first-order valence-corrected chi connectivity index (χ1v) is 7.83. The Labute approximate surface area is 153 Å². The molecule has 0 radical (unpaired) electrons. The molecule has 2 aromatic rings. The Morgan fingerprint density at radius 2 is 2.00 bits per heavy atom. The van der Waals surface area contributed by atoms with Crippen LogP contribution >= 0.6 is 23.2 Å². The van der Waals surface area contributed by atoms with E-state index in [1.807, 2.05) is 6.07 Å². The zero-order valence-electron chi connectivity index (χ0n) is 13.0. The first kappa shape index (κ1) is 18.7. The zero-order valence-corrected chi connectivity index (χ0v) is 14.5. The minimum Gasteiger partial charge on any atom is -0.465 e. The number of benzene rings is 2. The number of halogens is 2. The molecule has 0 fully saturated rings. The fourth-order valence-corrected chi connectivity index (χ4v) is 2.93. The predicted molar refractivity (Wildman–Crippen MR) is 93.0 cm³/mol. The second-order valence-corrected chi connectivity index (χ2v) is 5.95. The quantitative estimate of drug-likeness (QED) is 0.425. The van der Waals surface area contributed by atoms with Crippen molar-refractivity contribution >= 4 is 34.9 Å². The normalized spacial score (nSPS) is 11.4. The third-order valence-electron chi connectivity index (χ3n) is 3.65. The van der Waals surface area contributed by atoms with Gasteiger partial charge in [-0.3, -0.25) is 10.1 Å². The van der Waals surface area contributed by atoms with Gasteiger partial charge in [0.15, 0.2) is 0 Å². The van der Waals surface area contributed by atoms with Gasteiger partial charge in [0.05, 0.1) is 23.7 Å². The van der Waals surface area contributed by atoms with Crippen LogP contribution in [0.1, 0.15) is 33.8 Å². The van der Waals surface area contributed by atoms with Crippen molar-refractivity contribution in [1.82, 2.24) is 0 Å². The van der Waals surface area contributed by atoms with E-state index in [-0.39, 0.29) is 28.3 Å². The predicted octanol–water partition coefficient (Wildman–Crippen LogP) is 4.73. The van der Waals surface area contributed by atoms with E-state index in [9.17, 15) is 20.2 Å². The van der Waals surface area contributed by atoms with Crippen molar-refractivity contribution in [3.63, 3.8) is 0 Å². The molecule has 0 aromatic heterocycles. The van der Waals surface area contributed by atoms with Crippen molar-refractivity contribution in [3.05, 3.63) is 73.2 Å². The van der Waals surface area contributed by atoms with Crippen molar-refractivity contribution in [2.45, 2.75) is 12.3 Å². The van der Waals surface area contributed by atoms with Crippen molar-refractivity contribution in [2.75, 3.05) is 7.11 Å². The second-order valence-electron chi connectivity index (χ2n) is 5.10. The van der Waals surface area contributed by atoms with Gasteiger partial charge in [0.1, 0.15) is 0 Å². The highest BCUT2D eigenvalue weighted by Gasteiger charge is 2.26. The largest absolute Gasteiger partial charge is 0.465 e. The van der Waals surface area contributed by atoms with Gasteiger partial charge in [-0.1, -0.05) is 23.2 Å². The number of hydrogen-bond acceptors (Lipinski definition) is 5. The first-order valence-electron chi connectivity index (χ1n) is 7.07. The van der Waals surface area contributed by atoms with Gasteiger partial charge in [-0.2, -0.15) is 5.26 Å². The van der Waals surface area contributed by atoms with Crippen molar-refractivity contribution in [1.29, 1.82) is 5.26 Å². The second kappa shape index (κ2) is 7.97. The minimum atomic E-state index is -0.721. The molecule has 6 nitrogen and oxygen atoms in total. The van der Waals surface area contributed by atoms with Crippen LogP contribution in [0, 0.1) is 21.4 Å². The Hall–Kier alpha value is -2.62. The maximum Gasteiger partial charge on any atom is 0.337 e. The lowest BCUT2D eigenvalue weighted by Gasteiger charge is -2.17. The summed E-state index contributed by atoms with van der Waals surface area (Å²) in [6.45, 7) is 0. The molecule has 128 valence electrons. The van der Waals surface area contributed by atoms with Gasteiger partial charge in [-0.25, -0.2) is 4.79 Å². The van der Waals surface area contributed by atoms with E-state index in [4.69, 9.17) is 23.2 Å². The van der Waals surface area contributed by atoms with Crippen LogP contribution in [0.3, 0.4) is 0 Å². The number of hydrogen-bond donors (Lipinski definition) is 0. The molecule has 1 atom stereocenters. The van der Waals surface area contributed by atoms with Gasteiger partial charge >= 0.3 is 5.97 Å². The van der Waals surface area contributed by atoms with Crippen LogP contribution < -0.4 is 0 Å². The smallest absolute Gasteiger partial charge is 0.337 e. The van der Waals surface area contributed by atoms with E-state index in [0.29, 0.717) is 10.6 Å². The summed E-state index contributed by atoms with van der Waals surface area (Å²) in [5.74, 6) is -1.30. The number of methoxy groups -OCH3 is 1. The number of rotatable bonds is 5. The highest BCUT2D eigenvalue weighted by molar-refractivity contribution is 6.31. The van der Waals surface area contributed by atoms with Gasteiger partial charge in [0.2, 0.25) is 0 Å². The molecular weight excluding hydrogens is 367 g/mol. The number of nitro benzene ring substituents is 1. The standard InChI is InChI=1S/C17H12Cl2N2O4/c1-25-17(22)10-2-4-15(19)13(8-10)12(6-7-20)14-9-11(18)3-5-16(14)21(23)24/h2-5,8-9,12H,6H2,1H3. The molecule has 0 saturated heterocycles. The summed E-state index contributed by atoms with van der Waals surface area (Å²) >= 11 is 12.2. The van der Waals surface area contributed by atoms with E-state index in [0.717, 1.165) is 0 Å². The van der Waals surface area contributed by atoms with Crippen molar-refractivity contribution in [2.24, 2.45) is 0 Å². The molecule has 2 rings (SSSR count). The number of nitrogens with zero attached hydrogens (tertiary/aromatic N) is 2. The van der Waals surface area contributed by atoms with E-state index >= 15 is 0 Å². The van der Waals surface area contributed by atoms with Gasteiger partial charge in [0, 0.05) is 34.0 Å². The summed E-state index contributed by atoms with van der Waals surface area (Å²) in [6.07, 6.45) is -0.0778. The summed E-state index contributed by atoms with van der Waals surface area (Å²) in [5, 5.41) is 21.1. The SMILES string of the molecule is COC(=O)c1ccc(Cl)c(C(CC#N)c2cc(Cl)ccc2[N+](=O)[O-])c1. The number of nitriles is 1. The van der Waals surface area contributed by atoms with Gasteiger partial charge in [0.25, 0.3) is 5.69 Å². The fourth-order valence-electron chi connectivity index (χ4n) is 2.51. The van der Waals surface area contributed by atoms with Crippen molar-refractivity contribution in [3.8, 4) is 6.07 Å². The van der Waals surface area contributed by atoms with E-state index in [1.54, 1.807) is 0 Å². The number of esters is 1. The Kier molecular flexibility index (Phi) is 5.97. The average Bonchev–Trinajstić information content (AvgIpc) is 2.59. The highest BCUT2D eigenvalue weighted by Crippen LogP contribution is 2.39. The summed E-state index contributed by atoms with van der Waals surface area (Å²) < 4.78 is 4.68. The number of carbonyl (C=O) groups excluding carboxylic acids is 1. The molecule has 0 aliphatic heterocycles. The summed E-state index contributed by atoms with van der Waals surface area (Å²) in [4.78, 5) is 22.6. The molecule has 1 unspecified atom stereocenters. The third-order valence-corrected chi connectivity index (χ3v) is 4.23. The number of nitro groups is 1. The molecule has 0 saturated carbocycles. The molecule has 8 heteroatoms. The lowest BCUT2D eigenvalue weighted by molar-refractivity contribution is -0.385. The molecule has 0 aliphatic rings. The van der Waals surface area contributed by atoms with Gasteiger partial charge in [-0.05, 0) is 35.9 Å². The van der Waals surface area contributed by atoms with Crippen LogP contribution in [0.25, 0.3) is 0 Å². The van der Waals surface area contributed by atoms with Crippen LogP contribution in [0.5, 0.6) is 0 Å².